The fourth-order valence-corrected chi connectivity index (χ4v) is 2.68. The zero-order valence-corrected chi connectivity index (χ0v) is 14.4. The molecule has 0 spiro atoms. The van der Waals surface area contributed by atoms with E-state index in [0.717, 1.165) is 4.90 Å². The molecule has 4 N–H and O–H groups in total. The fraction of sp³-hybridized carbons (Fsp3) is 0.167. The summed E-state index contributed by atoms with van der Waals surface area (Å²) in [5.41, 5.74) is 6.17. The summed E-state index contributed by atoms with van der Waals surface area (Å²) in [5.74, 6) is -1.54. The van der Waals surface area contributed by atoms with Crippen LogP contribution in [0, 0.1) is 0 Å². The average Bonchev–Trinajstić information content (AvgIpc) is 2.95. The number of primary amides is 1. The molecule has 0 radical (unpaired) electrons. The van der Waals surface area contributed by atoms with E-state index in [9.17, 15) is 19.2 Å². The molecule has 0 aliphatic carbocycles. The van der Waals surface area contributed by atoms with Crippen LogP contribution < -0.4 is 21.3 Å². The van der Waals surface area contributed by atoms with Gasteiger partial charge in [-0.15, -0.1) is 0 Å². The Kier molecular flexibility index (Phi) is 4.84. The van der Waals surface area contributed by atoms with Crippen molar-refractivity contribution in [1.82, 2.24) is 10.3 Å². The normalized spacial score (nSPS) is 16.2. The number of benzene rings is 1. The van der Waals surface area contributed by atoms with Crippen LogP contribution in [0.4, 0.5) is 16.2 Å². The van der Waals surface area contributed by atoms with E-state index in [2.05, 4.69) is 15.6 Å². The van der Waals surface area contributed by atoms with Gasteiger partial charge in [0, 0.05) is 18.1 Å². The summed E-state index contributed by atoms with van der Waals surface area (Å²) >= 11 is 0. The van der Waals surface area contributed by atoms with Crippen molar-refractivity contribution in [3.63, 3.8) is 0 Å². The van der Waals surface area contributed by atoms with E-state index in [4.69, 9.17) is 5.73 Å². The van der Waals surface area contributed by atoms with Gasteiger partial charge in [-0.3, -0.25) is 19.4 Å². The number of aromatic nitrogens is 1. The molecular formula is C18H17N5O4. The van der Waals surface area contributed by atoms with Crippen molar-refractivity contribution >= 4 is 35.1 Å². The second-order valence-corrected chi connectivity index (χ2v) is 5.91. The molecule has 1 aliphatic rings. The Morgan fingerprint density at radius 1 is 1.22 bits per heavy atom. The third-order valence-electron chi connectivity index (χ3n) is 4.07. The van der Waals surface area contributed by atoms with Crippen LogP contribution in [-0.4, -0.2) is 34.8 Å². The second kappa shape index (κ2) is 7.24. The van der Waals surface area contributed by atoms with Crippen molar-refractivity contribution in [3.8, 4) is 0 Å². The summed E-state index contributed by atoms with van der Waals surface area (Å²) in [7, 11) is 0. The van der Waals surface area contributed by atoms with E-state index in [1.807, 2.05) is 0 Å². The lowest BCUT2D eigenvalue weighted by molar-refractivity contribution is -0.118. The number of carbonyl (C=O) groups is 4. The van der Waals surface area contributed by atoms with Gasteiger partial charge >= 0.3 is 6.03 Å². The van der Waals surface area contributed by atoms with Crippen molar-refractivity contribution in [2.24, 2.45) is 5.73 Å². The van der Waals surface area contributed by atoms with Gasteiger partial charge in [0.25, 0.3) is 11.8 Å². The van der Waals surface area contributed by atoms with Crippen LogP contribution in [0.2, 0.25) is 0 Å². The second-order valence-electron chi connectivity index (χ2n) is 5.91. The first-order chi connectivity index (χ1) is 12.9. The average molecular weight is 367 g/mol. The van der Waals surface area contributed by atoms with Gasteiger partial charge in [0.2, 0.25) is 5.91 Å². The summed E-state index contributed by atoms with van der Waals surface area (Å²) in [5, 5.41) is 5.25. The first kappa shape index (κ1) is 18.1. The summed E-state index contributed by atoms with van der Waals surface area (Å²) in [6.07, 6.45) is 3.05. The number of amides is 5. The molecule has 1 unspecified atom stereocenters. The number of imide groups is 1. The number of hydrogen-bond acceptors (Lipinski definition) is 5. The molecule has 0 bridgehead atoms. The lowest BCUT2D eigenvalue weighted by Gasteiger charge is -2.14. The van der Waals surface area contributed by atoms with Crippen molar-refractivity contribution < 1.29 is 19.2 Å². The first-order valence-electron chi connectivity index (χ1n) is 8.21. The fourth-order valence-electron chi connectivity index (χ4n) is 2.68. The number of carbonyl (C=O) groups excluding carboxylic acids is 4. The molecule has 1 aliphatic heterocycles. The molecule has 9 nitrogen and oxygen atoms in total. The van der Waals surface area contributed by atoms with Crippen molar-refractivity contribution in [3.05, 3.63) is 53.9 Å². The van der Waals surface area contributed by atoms with Crippen molar-refractivity contribution in [2.45, 2.75) is 19.4 Å². The highest BCUT2D eigenvalue weighted by atomic mass is 16.2. The number of urea groups is 1. The van der Waals surface area contributed by atoms with E-state index in [1.54, 1.807) is 25.1 Å². The predicted octanol–water partition coefficient (Wildman–Crippen LogP) is 1.27. The quantitative estimate of drug-likeness (QED) is 0.684. The topological polar surface area (TPSA) is 134 Å². The number of anilines is 2. The molecule has 2 aromatic rings. The number of rotatable bonds is 5. The van der Waals surface area contributed by atoms with E-state index in [0.29, 0.717) is 17.8 Å². The van der Waals surface area contributed by atoms with Crippen molar-refractivity contribution in [1.29, 1.82) is 0 Å². The molecule has 1 aromatic heterocycles. The number of nitrogens with zero attached hydrogens (tertiary/aromatic N) is 2. The lowest BCUT2D eigenvalue weighted by Crippen LogP contribution is -2.31. The van der Waals surface area contributed by atoms with Gasteiger partial charge in [0.1, 0.15) is 6.04 Å². The van der Waals surface area contributed by atoms with Gasteiger partial charge in [-0.25, -0.2) is 9.69 Å². The number of nitrogens with two attached hydrogens (primary N) is 1. The Balaban J connectivity index is 1.81. The monoisotopic (exact) mass is 367 g/mol. The van der Waals surface area contributed by atoms with Crippen LogP contribution >= 0.6 is 0 Å². The molecule has 1 atom stereocenters. The van der Waals surface area contributed by atoms with Crippen LogP contribution in [0.1, 0.15) is 34.1 Å². The molecule has 1 aromatic carbocycles. The highest BCUT2D eigenvalue weighted by Gasteiger charge is 2.37. The molecule has 2 heterocycles. The minimum Gasteiger partial charge on any atom is -0.366 e. The lowest BCUT2D eigenvalue weighted by atomic mass is 10.1. The van der Waals surface area contributed by atoms with Crippen LogP contribution in [0.3, 0.4) is 0 Å². The van der Waals surface area contributed by atoms with Crippen LogP contribution in [0.25, 0.3) is 0 Å². The highest BCUT2D eigenvalue weighted by Crippen LogP contribution is 2.24. The summed E-state index contributed by atoms with van der Waals surface area (Å²) in [6.45, 7) is 1.80. The molecule has 1 fully saturated rings. The molecule has 0 saturated carbocycles. The molecule has 9 heteroatoms. The smallest absolute Gasteiger partial charge is 0.329 e. The maximum atomic E-state index is 12.4. The van der Waals surface area contributed by atoms with Crippen LogP contribution in [-0.2, 0) is 4.79 Å². The molecule has 1 saturated heterocycles. The summed E-state index contributed by atoms with van der Waals surface area (Å²) in [4.78, 5) is 52.8. The molecule has 138 valence electrons. The standard InChI is InChI=1S/C18H17N5O4/c1-2-14-17(26)23(18(27)22-14)13-5-3-4-12(7-13)21-16(25)11-6-10(15(19)24)8-20-9-11/h3-9,14H,2H2,1H3,(H2,19,24)(H,21,25)(H,22,27). The Hall–Kier alpha value is -3.75. The van der Waals surface area contributed by atoms with Crippen LogP contribution in [0.15, 0.2) is 42.7 Å². The Morgan fingerprint density at radius 2 is 1.96 bits per heavy atom. The van der Waals surface area contributed by atoms with E-state index < -0.39 is 23.9 Å². The third kappa shape index (κ3) is 3.61. The number of hydrogen-bond donors (Lipinski definition) is 3. The van der Waals surface area contributed by atoms with E-state index in [1.165, 1.54) is 24.5 Å². The van der Waals surface area contributed by atoms with Gasteiger partial charge in [-0.2, -0.15) is 0 Å². The maximum absolute atomic E-state index is 12.4. The minimum absolute atomic E-state index is 0.112. The molecule has 3 rings (SSSR count). The minimum atomic E-state index is -0.691. The van der Waals surface area contributed by atoms with Crippen molar-refractivity contribution in [2.75, 3.05) is 10.2 Å². The summed E-state index contributed by atoms with van der Waals surface area (Å²) in [6, 6.07) is 6.61. The van der Waals surface area contributed by atoms with E-state index in [-0.39, 0.29) is 17.0 Å². The number of pyridine rings is 1. The molecule has 5 amide bonds. The van der Waals surface area contributed by atoms with Gasteiger partial charge in [0.05, 0.1) is 16.8 Å². The predicted molar refractivity (Wildman–Crippen MR) is 97.2 cm³/mol. The Bertz CT molecular complexity index is 943. The maximum Gasteiger partial charge on any atom is 0.329 e. The van der Waals surface area contributed by atoms with E-state index >= 15 is 0 Å². The summed E-state index contributed by atoms with van der Waals surface area (Å²) < 4.78 is 0. The SMILES string of the molecule is CCC1NC(=O)N(c2cccc(NC(=O)c3cncc(C(N)=O)c3)c2)C1=O. The third-order valence-corrected chi connectivity index (χ3v) is 4.07. The Labute approximate surface area is 154 Å². The zero-order valence-electron chi connectivity index (χ0n) is 14.4. The Morgan fingerprint density at radius 3 is 2.63 bits per heavy atom. The largest absolute Gasteiger partial charge is 0.366 e. The van der Waals surface area contributed by atoms with Gasteiger partial charge < -0.3 is 16.4 Å². The van der Waals surface area contributed by atoms with Crippen LogP contribution in [0.5, 0.6) is 0 Å². The molecular weight excluding hydrogens is 350 g/mol. The first-order valence-corrected chi connectivity index (χ1v) is 8.21. The number of nitrogens with one attached hydrogen (secondary N) is 2. The van der Waals surface area contributed by atoms with Gasteiger partial charge in [0.15, 0.2) is 0 Å². The van der Waals surface area contributed by atoms with Gasteiger partial charge in [-0.05, 0) is 30.7 Å². The highest BCUT2D eigenvalue weighted by molar-refractivity contribution is 6.21. The zero-order chi connectivity index (χ0) is 19.6. The molecule has 27 heavy (non-hydrogen) atoms. The van der Waals surface area contributed by atoms with Gasteiger partial charge in [-0.1, -0.05) is 13.0 Å².